The number of nitrogens with two attached hydrogens (primary N) is 2. The van der Waals surface area contributed by atoms with E-state index in [-0.39, 0.29) is 23.0 Å². The number of aromatic nitrogens is 4. The van der Waals surface area contributed by atoms with Crippen molar-refractivity contribution in [3.8, 4) is 0 Å². The highest BCUT2D eigenvalue weighted by atomic mass is 32.1. The number of nitrogen functional groups attached to an aromatic ring is 2. The second-order valence-electron chi connectivity index (χ2n) is 4.26. The number of thiophene rings is 1. The molecule has 0 radical (unpaired) electrons. The number of hydrogen-bond donors (Lipinski definition) is 3. The SMILES string of the molecule is Cc1cscc1Cn1c(N)nc2c(=O)[nH]c(N)nc21. The Hall–Kier alpha value is -2.35. The van der Waals surface area contributed by atoms with Crippen LogP contribution in [0.5, 0.6) is 0 Å². The largest absolute Gasteiger partial charge is 0.369 e. The van der Waals surface area contributed by atoms with E-state index < -0.39 is 0 Å². The van der Waals surface area contributed by atoms with Gasteiger partial charge in [-0.2, -0.15) is 16.3 Å². The standard InChI is InChI=1S/C11H12N6OS/c1-5-3-19-4-6(5)2-17-8-7(14-11(17)13)9(18)16-10(12)15-8/h3-4H,2H2,1H3,(H2,13,14)(H3,12,15,16,18). The lowest BCUT2D eigenvalue weighted by molar-refractivity contribution is 0.825. The zero-order chi connectivity index (χ0) is 13.6. The Bertz CT molecular complexity index is 814. The smallest absolute Gasteiger partial charge is 0.280 e. The Labute approximate surface area is 111 Å². The number of anilines is 2. The first-order valence-corrected chi connectivity index (χ1v) is 6.53. The summed E-state index contributed by atoms with van der Waals surface area (Å²) < 4.78 is 1.69. The van der Waals surface area contributed by atoms with Gasteiger partial charge in [0.25, 0.3) is 5.56 Å². The summed E-state index contributed by atoms with van der Waals surface area (Å²) in [5.74, 6) is 0.310. The van der Waals surface area contributed by atoms with Crippen LogP contribution in [0.15, 0.2) is 15.6 Å². The summed E-state index contributed by atoms with van der Waals surface area (Å²) in [6.07, 6.45) is 0. The van der Waals surface area contributed by atoms with Crippen LogP contribution < -0.4 is 17.0 Å². The van der Waals surface area contributed by atoms with E-state index in [0.717, 1.165) is 5.56 Å². The first-order chi connectivity index (χ1) is 9.06. The zero-order valence-corrected chi connectivity index (χ0v) is 11.0. The summed E-state index contributed by atoms with van der Waals surface area (Å²) in [5, 5.41) is 4.09. The number of nitrogens with zero attached hydrogens (tertiary/aromatic N) is 3. The Morgan fingerprint density at radius 2 is 2.16 bits per heavy atom. The van der Waals surface area contributed by atoms with E-state index in [4.69, 9.17) is 11.5 Å². The van der Waals surface area contributed by atoms with Crippen molar-refractivity contribution in [2.75, 3.05) is 11.5 Å². The van der Waals surface area contributed by atoms with Crippen molar-refractivity contribution in [1.82, 2.24) is 19.5 Å². The quantitative estimate of drug-likeness (QED) is 0.637. The first kappa shape index (κ1) is 11.7. The molecular weight excluding hydrogens is 264 g/mol. The number of imidazole rings is 1. The van der Waals surface area contributed by atoms with Crippen LogP contribution in [0.3, 0.4) is 0 Å². The Morgan fingerprint density at radius 1 is 1.37 bits per heavy atom. The molecule has 8 heteroatoms. The number of rotatable bonds is 2. The monoisotopic (exact) mass is 276 g/mol. The van der Waals surface area contributed by atoms with Gasteiger partial charge in [0.2, 0.25) is 11.9 Å². The number of aromatic amines is 1. The third-order valence-corrected chi connectivity index (χ3v) is 3.85. The van der Waals surface area contributed by atoms with E-state index in [1.165, 1.54) is 5.56 Å². The van der Waals surface area contributed by atoms with E-state index >= 15 is 0 Å². The molecule has 0 unspecified atom stereocenters. The number of H-pyrrole nitrogens is 1. The molecule has 3 aromatic rings. The van der Waals surface area contributed by atoms with Gasteiger partial charge in [-0.3, -0.25) is 14.3 Å². The maximum absolute atomic E-state index is 11.7. The van der Waals surface area contributed by atoms with Crippen molar-refractivity contribution in [2.45, 2.75) is 13.5 Å². The Kier molecular flexibility index (Phi) is 2.53. The molecule has 19 heavy (non-hydrogen) atoms. The van der Waals surface area contributed by atoms with Crippen molar-refractivity contribution in [3.05, 3.63) is 32.2 Å². The first-order valence-electron chi connectivity index (χ1n) is 5.59. The van der Waals surface area contributed by atoms with Crippen LogP contribution in [0.2, 0.25) is 0 Å². The molecule has 3 aromatic heterocycles. The van der Waals surface area contributed by atoms with E-state index in [0.29, 0.717) is 12.2 Å². The maximum atomic E-state index is 11.7. The lowest BCUT2D eigenvalue weighted by Crippen LogP contribution is -2.12. The minimum Gasteiger partial charge on any atom is -0.369 e. The van der Waals surface area contributed by atoms with Gasteiger partial charge in [-0.25, -0.2) is 4.98 Å². The lowest BCUT2D eigenvalue weighted by atomic mass is 10.2. The molecule has 0 aromatic carbocycles. The van der Waals surface area contributed by atoms with Gasteiger partial charge in [0.1, 0.15) is 0 Å². The molecule has 0 aliphatic rings. The molecule has 0 aliphatic heterocycles. The van der Waals surface area contributed by atoms with Crippen LogP contribution in [-0.4, -0.2) is 19.5 Å². The molecule has 3 rings (SSSR count). The molecule has 0 amide bonds. The molecular formula is C11H12N6OS. The van der Waals surface area contributed by atoms with Crippen molar-refractivity contribution in [1.29, 1.82) is 0 Å². The molecule has 98 valence electrons. The van der Waals surface area contributed by atoms with Crippen molar-refractivity contribution >= 4 is 34.4 Å². The van der Waals surface area contributed by atoms with Crippen LogP contribution in [0.4, 0.5) is 11.9 Å². The summed E-state index contributed by atoms with van der Waals surface area (Å²) >= 11 is 1.62. The van der Waals surface area contributed by atoms with Gasteiger partial charge in [0.05, 0.1) is 6.54 Å². The number of hydrogen-bond acceptors (Lipinski definition) is 6. The second kappa shape index (κ2) is 4.09. The molecule has 0 saturated heterocycles. The summed E-state index contributed by atoms with van der Waals surface area (Å²) in [7, 11) is 0. The molecule has 7 nitrogen and oxygen atoms in total. The summed E-state index contributed by atoms with van der Waals surface area (Å²) in [6.45, 7) is 2.54. The van der Waals surface area contributed by atoms with Crippen molar-refractivity contribution in [2.24, 2.45) is 0 Å². The average molecular weight is 276 g/mol. The molecule has 0 atom stereocenters. The van der Waals surface area contributed by atoms with E-state index in [1.807, 2.05) is 12.3 Å². The van der Waals surface area contributed by atoms with Gasteiger partial charge >= 0.3 is 0 Å². The van der Waals surface area contributed by atoms with Gasteiger partial charge in [-0.1, -0.05) is 0 Å². The molecule has 0 fully saturated rings. The van der Waals surface area contributed by atoms with E-state index in [9.17, 15) is 4.79 Å². The van der Waals surface area contributed by atoms with Crippen LogP contribution >= 0.6 is 11.3 Å². The molecule has 0 bridgehead atoms. The highest BCUT2D eigenvalue weighted by molar-refractivity contribution is 7.08. The fourth-order valence-electron chi connectivity index (χ4n) is 1.92. The van der Waals surface area contributed by atoms with Crippen molar-refractivity contribution in [3.63, 3.8) is 0 Å². The van der Waals surface area contributed by atoms with Gasteiger partial charge in [-0.15, -0.1) is 0 Å². The van der Waals surface area contributed by atoms with Gasteiger partial charge in [-0.05, 0) is 28.8 Å². The minimum absolute atomic E-state index is 0.0562. The summed E-state index contributed by atoms with van der Waals surface area (Å²) in [5.41, 5.74) is 13.9. The van der Waals surface area contributed by atoms with Crippen LogP contribution in [0.1, 0.15) is 11.1 Å². The molecule has 0 saturated carbocycles. The highest BCUT2D eigenvalue weighted by Gasteiger charge is 2.14. The summed E-state index contributed by atoms with van der Waals surface area (Å²) in [6, 6.07) is 0. The van der Waals surface area contributed by atoms with Gasteiger partial charge < -0.3 is 11.5 Å². The van der Waals surface area contributed by atoms with E-state index in [1.54, 1.807) is 15.9 Å². The topological polar surface area (TPSA) is 116 Å². The number of aryl methyl sites for hydroxylation is 1. The fraction of sp³-hybridized carbons (Fsp3) is 0.182. The Balaban J connectivity index is 2.21. The number of fused-ring (bicyclic) bond motifs is 1. The van der Waals surface area contributed by atoms with Crippen LogP contribution in [-0.2, 0) is 6.54 Å². The normalized spacial score (nSPS) is 11.2. The van der Waals surface area contributed by atoms with Gasteiger partial charge in [0.15, 0.2) is 11.2 Å². The zero-order valence-electron chi connectivity index (χ0n) is 10.2. The third-order valence-electron chi connectivity index (χ3n) is 2.94. The van der Waals surface area contributed by atoms with Crippen molar-refractivity contribution < 1.29 is 0 Å². The highest BCUT2D eigenvalue weighted by Crippen LogP contribution is 2.19. The molecule has 0 spiro atoms. The van der Waals surface area contributed by atoms with Crippen LogP contribution in [0, 0.1) is 6.92 Å². The summed E-state index contributed by atoms with van der Waals surface area (Å²) in [4.78, 5) is 22.3. The minimum atomic E-state index is -0.380. The predicted molar refractivity (Wildman–Crippen MR) is 75.1 cm³/mol. The Morgan fingerprint density at radius 3 is 2.84 bits per heavy atom. The van der Waals surface area contributed by atoms with Crippen LogP contribution in [0.25, 0.3) is 11.2 Å². The predicted octanol–water partition coefficient (Wildman–Crippen LogP) is 0.702. The average Bonchev–Trinajstić information content (AvgIpc) is 2.87. The van der Waals surface area contributed by atoms with Gasteiger partial charge in [0, 0.05) is 0 Å². The lowest BCUT2D eigenvalue weighted by Gasteiger charge is -2.05. The fourth-order valence-corrected chi connectivity index (χ4v) is 2.77. The maximum Gasteiger partial charge on any atom is 0.280 e. The second-order valence-corrected chi connectivity index (χ2v) is 5.00. The molecule has 5 N–H and O–H groups in total. The van der Waals surface area contributed by atoms with E-state index in [2.05, 4.69) is 20.3 Å². The molecule has 0 aliphatic carbocycles. The number of nitrogens with one attached hydrogen (secondary N) is 1. The third kappa shape index (κ3) is 1.85. The molecule has 3 heterocycles.